The van der Waals surface area contributed by atoms with E-state index >= 15 is 0 Å². The topological polar surface area (TPSA) is 108 Å². The molecule has 0 bridgehead atoms. The van der Waals surface area contributed by atoms with Gasteiger partial charge in [-0.25, -0.2) is 0 Å². The lowest BCUT2D eigenvalue weighted by Gasteiger charge is -2.23. The summed E-state index contributed by atoms with van der Waals surface area (Å²) in [4.78, 5) is 11.3. The van der Waals surface area contributed by atoms with Crippen LogP contribution in [0.15, 0.2) is 82.0 Å². The lowest BCUT2D eigenvalue weighted by atomic mass is 9.98. The Labute approximate surface area is 223 Å². The Kier molecular flexibility index (Phi) is 7.21. The lowest BCUT2D eigenvalue weighted by Crippen LogP contribution is -2.38. The van der Waals surface area contributed by atoms with Gasteiger partial charge in [0, 0.05) is 44.4 Å². The monoisotopic (exact) mass is 531 g/mol. The Bertz CT molecular complexity index is 1600. The van der Waals surface area contributed by atoms with Gasteiger partial charge in [0.25, 0.3) is 0 Å². The first-order valence-electron chi connectivity index (χ1n) is 12.3. The normalized spacial score (nSPS) is 12.7. The van der Waals surface area contributed by atoms with E-state index in [1.54, 1.807) is 30.7 Å². The highest BCUT2D eigenvalue weighted by atomic mass is 32.2. The Morgan fingerprint density at radius 1 is 1.00 bits per heavy atom. The fourth-order valence-corrected chi connectivity index (χ4v) is 5.07. The molecule has 196 valence electrons. The van der Waals surface area contributed by atoms with Gasteiger partial charge in [-0.05, 0) is 50.6 Å². The predicted octanol–water partition coefficient (Wildman–Crippen LogP) is 6.60. The molecule has 5 aromatic rings. The van der Waals surface area contributed by atoms with Crippen LogP contribution in [-0.2, 0) is 35.7 Å². The first-order valence-corrected chi connectivity index (χ1v) is 13.4. The van der Waals surface area contributed by atoms with Gasteiger partial charge in [0.2, 0.25) is 0 Å². The van der Waals surface area contributed by atoms with Crippen molar-refractivity contribution in [3.05, 3.63) is 89.9 Å². The van der Waals surface area contributed by atoms with Gasteiger partial charge in [0.1, 0.15) is 28.3 Å². The number of hydrogen-bond acceptors (Lipinski definition) is 6. The minimum absolute atomic E-state index is 0.122. The van der Waals surface area contributed by atoms with E-state index < -0.39 is 22.1 Å². The fourth-order valence-electron chi connectivity index (χ4n) is 4.35. The van der Waals surface area contributed by atoms with Gasteiger partial charge in [0.15, 0.2) is 0 Å². The molecule has 0 radical (unpaired) electrons. The number of carboxylic acids is 1. The molecule has 0 aliphatic rings. The largest absolute Gasteiger partial charge is 0.598 e. The van der Waals surface area contributed by atoms with Crippen LogP contribution in [0.1, 0.15) is 37.5 Å². The highest BCUT2D eigenvalue weighted by molar-refractivity contribution is 7.90. The van der Waals surface area contributed by atoms with E-state index in [1.807, 2.05) is 63.2 Å². The van der Waals surface area contributed by atoms with Crippen molar-refractivity contribution in [2.24, 2.45) is 0 Å². The molecule has 2 N–H and O–H groups in total. The van der Waals surface area contributed by atoms with Gasteiger partial charge in [0.05, 0.1) is 25.5 Å². The third kappa shape index (κ3) is 5.43. The summed E-state index contributed by atoms with van der Waals surface area (Å²) in [6, 6.07) is 19.0. The van der Waals surface area contributed by atoms with Crippen LogP contribution >= 0.6 is 0 Å². The standard InChI is InChI=1S/C30H29NO6S/c1-30(2,3)38(34)31-16-22-18-37-29-24(22)13-19(17-36-26-10-5-4-7-21(26)15-27(32)33)14-25(29)23-9-6-8-20-11-12-35-28(20)23/h4-14,18,31H,15-17H2,1-3H3,(H,32,33)/t38-/m0/s1. The van der Waals surface area contributed by atoms with Crippen LogP contribution < -0.4 is 9.46 Å². The molecule has 5 rings (SSSR count). The average Bonchev–Trinajstić information content (AvgIpc) is 3.52. The van der Waals surface area contributed by atoms with E-state index in [1.165, 1.54) is 0 Å². The number of carbonyl (C=O) groups is 1. The minimum Gasteiger partial charge on any atom is -0.598 e. The number of rotatable bonds is 9. The van der Waals surface area contributed by atoms with E-state index in [0.29, 0.717) is 23.4 Å². The van der Waals surface area contributed by atoms with Crippen LogP contribution in [0.25, 0.3) is 33.1 Å². The van der Waals surface area contributed by atoms with E-state index in [4.69, 9.17) is 13.6 Å². The highest BCUT2D eigenvalue weighted by Gasteiger charge is 2.27. The number of carboxylic acid groups (broad SMARTS) is 1. The number of ether oxygens (including phenoxy) is 1. The van der Waals surface area contributed by atoms with Crippen LogP contribution in [0.5, 0.6) is 5.75 Å². The first-order chi connectivity index (χ1) is 18.2. The summed E-state index contributed by atoms with van der Waals surface area (Å²) < 4.78 is 33.3. The maximum atomic E-state index is 12.6. The predicted molar refractivity (Wildman–Crippen MR) is 148 cm³/mol. The molecule has 2 aromatic heterocycles. The Hall–Kier alpha value is -3.72. The zero-order valence-corrected chi connectivity index (χ0v) is 22.3. The van der Waals surface area contributed by atoms with Crippen LogP contribution in [0, 0.1) is 0 Å². The molecule has 3 aromatic carbocycles. The molecule has 0 fully saturated rings. The lowest BCUT2D eigenvalue weighted by molar-refractivity contribution is -0.136. The number of hydrogen-bond donors (Lipinski definition) is 2. The van der Waals surface area contributed by atoms with Gasteiger partial charge >= 0.3 is 5.97 Å². The zero-order chi connectivity index (χ0) is 26.9. The SMILES string of the molecule is CC(C)(C)[S@+]([O-])NCc1coc2c(-c3cccc4ccoc34)cc(COc3ccccc3CC(=O)O)cc12. The van der Waals surface area contributed by atoms with Gasteiger partial charge in [-0.1, -0.05) is 36.4 Å². The maximum absolute atomic E-state index is 12.6. The quantitative estimate of drug-likeness (QED) is 0.206. The average molecular weight is 532 g/mol. The van der Waals surface area contributed by atoms with Gasteiger partial charge in [-0.2, -0.15) is 0 Å². The molecule has 0 spiro atoms. The smallest absolute Gasteiger partial charge is 0.307 e. The zero-order valence-electron chi connectivity index (χ0n) is 21.4. The van der Waals surface area contributed by atoms with Gasteiger partial charge in [-0.3, -0.25) is 4.79 Å². The molecule has 1 atom stereocenters. The van der Waals surface area contributed by atoms with Gasteiger partial charge < -0.3 is 23.2 Å². The van der Waals surface area contributed by atoms with Crippen LogP contribution in [0.2, 0.25) is 0 Å². The third-order valence-corrected chi connectivity index (χ3v) is 7.76. The molecule has 0 unspecified atom stereocenters. The molecule has 2 heterocycles. The van der Waals surface area contributed by atoms with Crippen LogP contribution in [0.3, 0.4) is 0 Å². The van der Waals surface area contributed by atoms with E-state index in [9.17, 15) is 14.5 Å². The number of nitrogens with one attached hydrogen (secondary N) is 1. The van der Waals surface area contributed by atoms with E-state index in [-0.39, 0.29) is 13.0 Å². The number of fused-ring (bicyclic) bond motifs is 2. The summed E-state index contributed by atoms with van der Waals surface area (Å²) in [7, 11) is 0. The molecule has 0 saturated carbocycles. The maximum Gasteiger partial charge on any atom is 0.307 e. The molecule has 0 aliphatic carbocycles. The fraction of sp³-hybridized carbons (Fsp3) is 0.233. The second-order valence-electron chi connectivity index (χ2n) is 10.1. The summed E-state index contributed by atoms with van der Waals surface area (Å²) in [6.45, 7) is 6.35. The molecular formula is C30H29NO6S. The molecule has 0 saturated heterocycles. The minimum atomic E-state index is -1.24. The first kappa shape index (κ1) is 25.9. The molecule has 0 aliphatic heterocycles. The second kappa shape index (κ2) is 10.6. The molecule has 0 amide bonds. The van der Waals surface area contributed by atoms with Crippen molar-refractivity contribution < 1.29 is 28.0 Å². The Morgan fingerprint density at radius 3 is 2.61 bits per heavy atom. The summed E-state index contributed by atoms with van der Waals surface area (Å²) in [6.07, 6.45) is 3.23. The second-order valence-corrected chi connectivity index (χ2v) is 12.1. The summed E-state index contributed by atoms with van der Waals surface area (Å²) in [5.74, 6) is -0.390. The summed E-state index contributed by atoms with van der Waals surface area (Å²) >= 11 is -1.24. The molecular weight excluding hydrogens is 502 g/mol. The van der Waals surface area contributed by atoms with Crippen LogP contribution in [0.4, 0.5) is 0 Å². The van der Waals surface area contributed by atoms with Crippen molar-refractivity contribution in [3.8, 4) is 16.9 Å². The van der Waals surface area contributed by atoms with E-state index in [0.717, 1.165) is 38.6 Å². The van der Waals surface area contributed by atoms with Crippen molar-refractivity contribution in [3.63, 3.8) is 0 Å². The van der Waals surface area contributed by atoms with Crippen LogP contribution in [-0.4, -0.2) is 20.4 Å². The highest BCUT2D eigenvalue weighted by Crippen LogP contribution is 2.38. The third-order valence-electron chi connectivity index (χ3n) is 6.24. The van der Waals surface area contributed by atoms with Crippen molar-refractivity contribution in [1.29, 1.82) is 0 Å². The summed E-state index contributed by atoms with van der Waals surface area (Å²) in [5.41, 5.74) is 5.55. The number of benzene rings is 3. The van der Waals surface area contributed by atoms with Crippen molar-refractivity contribution in [2.45, 2.75) is 45.1 Å². The van der Waals surface area contributed by atoms with Crippen molar-refractivity contribution in [2.75, 3.05) is 0 Å². The Morgan fingerprint density at radius 2 is 1.82 bits per heavy atom. The molecule has 38 heavy (non-hydrogen) atoms. The van der Waals surface area contributed by atoms with Gasteiger partial charge in [-0.15, -0.1) is 4.72 Å². The van der Waals surface area contributed by atoms with Crippen molar-refractivity contribution in [1.82, 2.24) is 4.72 Å². The van der Waals surface area contributed by atoms with Crippen molar-refractivity contribution >= 4 is 39.3 Å². The summed E-state index contributed by atoms with van der Waals surface area (Å²) in [5, 5.41) is 11.1. The molecule has 7 nitrogen and oxygen atoms in total. The Balaban J connectivity index is 1.55. The molecule has 8 heteroatoms. The number of para-hydroxylation sites is 2. The van der Waals surface area contributed by atoms with E-state index in [2.05, 4.69) is 4.72 Å². The number of aliphatic carboxylic acids is 1. The number of furan rings is 2.